The Hall–Kier alpha value is -4.10. The van der Waals surface area contributed by atoms with Gasteiger partial charge in [0.05, 0.1) is 19.1 Å². The van der Waals surface area contributed by atoms with E-state index in [1.165, 1.54) is 13.2 Å². The summed E-state index contributed by atoms with van der Waals surface area (Å²) in [5.74, 6) is -6.46. The van der Waals surface area contributed by atoms with Gasteiger partial charge in [0.25, 0.3) is 11.8 Å². The van der Waals surface area contributed by atoms with Crippen LogP contribution in [0.5, 0.6) is 5.75 Å². The van der Waals surface area contributed by atoms with Gasteiger partial charge < -0.3 is 30.6 Å². The number of Topliss-reactive ketones (excluding diaryl/α,β-unsaturated/α-hetero) is 1. The fourth-order valence-electron chi connectivity index (χ4n) is 5.46. The van der Waals surface area contributed by atoms with Gasteiger partial charge in [-0.1, -0.05) is 6.07 Å². The van der Waals surface area contributed by atoms with Crippen molar-refractivity contribution in [1.29, 1.82) is 0 Å². The minimum atomic E-state index is -4.69. The first-order valence-corrected chi connectivity index (χ1v) is 13.8. The maximum absolute atomic E-state index is 13.8. The van der Waals surface area contributed by atoms with Crippen molar-refractivity contribution in [3.05, 3.63) is 30.0 Å². The SMILES string of the molecule is COc1cccc2[nH]c(C(=O)N3C[C@H](C(F)(F)F)C[C@H]3C(=O)NC(CC3CCCNC3=O)C(=O)C(=O)NC(C)C)cc12. The third-order valence-corrected chi connectivity index (χ3v) is 7.60. The number of nitrogens with one attached hydrogen (secondary N) is 4. The smallest absolute Gasteiger partial charge is 0.393 e. The molecule has 1 aromatic heterocycles. The van der Waals surface area contributed by atoms with Crippen LogP contribution >= 0.6 is 0 Å². The van der Waals surface area contributed by atoms with E-state index in [0.29, 0.717) is 36.0 Å². The molecule has 2 aromatic rings. The van der Waals surface area contributed by atoms with E-state index in [9.17, 15) is 37.1 Å². The highest BCUT2D eigenvalue weighted by Gasteiger charge is 2.51. The van der Waals surface area contributed by atoms with Crippen LogP contribution in [-0.4, -0.2) is 83.8 Å². The summed E-state index contributed by atoms with van der Waals surface area (Å²) in [4.78, 5) is 68.8. The van der Waals surface area contributed by atoms with E-state index in [2.05, 4.69) is 20.9 Å². The number of aromatic amines is 1. The zero-order valence-electron chi connectivity index (χ0n) is 23.5. The lowest BCUT2D eigenvalue weighted by Crippen LogP contribution is -2.55. The standard InChI is InChI=1S/C28H34F3N5O6/c1-14(2)33-26(40)23(37)19(10-15-6-5-9-32-24(15)38)35-25(39)21-11-16(28(29,30)31)13-36(21)27(41)20-12-17-18(34-20)7-4-8-22(17)42-3/h4,7-8,12,14-16,19,21,34H,5-6,9-11,13H2,1-3H3,(H,32,38)(H,33,40)(H,35,39)/t15?,16-,19?,21+/m1/s1. The predicted molar refractivity (Wildman–Crippen MR) is 144 cm³/mol. The largest absolute Gasteiger partial charge is 0.496 e. The molecule has 2 unspecified atom stereocenters. The Kier molecular flexibility index (Phi) is 9.12. The van der Waals surface area contributed by atoms with Crippen LogP contribution in [0, 0.1) is 11.8 Å². The number of rotatable bonds is 9. The quantitative estimate of drug-likeness (QED) is 0.327. The molecule has 2 aliphatic rings. The van der Waals surface area contributed by atoms with Crippen molar-refractivity contribution in [3.63, 3.8) is 0 Å². The van der Waals surface area contributed by atoms with E-state index in [0.717, 1.165) is 4.90 Å². The van der Waals surface area contributed by atoms with Crippen molar-refractivity contribution in [3.8, 4) is 5.75 Å². The Morgan fingerprint density at radius 2 is 1.90 bits per heavy atom. The molecule has 4 atom stereocenters. The van der Waals surface area contributed by atoms with Crippen molar-refractivity contribution in [1.82, 2.24) is 25.8 Å². The molecule has 2 fully saturated rings. The molecule has 0 spiro atoms. The van der Waals surface area contributed by atoms with Gasteiger partial charge in [0.15, 0.2) is 0 Å². The number of H-pyrrole nitrogens is 1. The van der Waals surface area contributed by atoms with Crippen LogP contribution in [0.2, 0.25) is 0 Å². The molecule has 0 saturated carbocycles. The number of hydrogen-bond acceptors (Lipinski definition) is 6. The third-order valence-electron chi connectivity index (χ3n) is 7.60. The first-order valence-electron chi connectivity index (χ1n) is 13.8. The van der Waals surface area contributed by atoms with Crippen LogP contribution in [0.1, 0.15) is 50.0 Å². The summed E-state index contributed by atoms with van der Waals surface area (Å²) in [5.41, 5.74) is 0.468. The van der Waals surface area contributed by atoms with Crippen LogP contribution in [0.25, 0.3) is 10.9 Å². The van der Waals surface area contributed by atoms with Gasteiger partial charge >= 0.3 is 6.18 Å². The monoisotopic (exact) mass is 593 g/mol. The summed E-state index contributed by atoms with van der Waals surface area (Å²) in [6.07, 6.45) is -4.60. The summed E-state index contributed by atoms with van der Waals surface area (Å²) >= 11 is 0. The van der Waals surface area contributed by atoms with Gasteiger partial charge in [-0.05, 0) is 57.7 Å². The maximum Gasteiger partial charge on any atom is 0.393 e. The highest BCUT2D eigenvalue weighted by atomic mass is 19.4. The number of ketones is 1. The second-order valence-corrected chi connectivity index (χ2v) is 11.0. The lowest BCUT2D eigenvalue weighted by Gasteiger charge is -2.28. The molecule has 0 radical (unpaired) electrons. The van der Waals surface area contributed by atoms with Gasteiger partial charge in [0.2, 0.25) is 17.6 Å². The van der Waals surface area contributed by atoms with Crippen molar-refractivity contribution in [2.24, 2.45) is 11.8 Å². The number of carbonyl (C=O) groups excluding carboxylic acids is 5. The number of piperidine rings is 1. The third kappa shape index (κ3) is 6.68. The Balaban J connectivity index is 1.62. The number of hydrogen-bond donors (Lipinski definition) is 4. The van der Waals surface area contributed by atoms with Gasteiger partial charge in [-0.25, -0.2) is 0 Å². The predicted octanol–water partition coefficient (Wildman–Crippen LogP) is 2.06. The summed E-state index contributed by atoms with van der Waals surface area (Å²) in [5, 5.41) is 8.06. The molecular formula is C28H34F3N5O6. The van der Waals surface area contributed by atoms with Gasteiger partial charge in [-0.3, -0.25) is 24.0 Å². The maximum atomic E-state index is 13.8. The Bertz CT molecular complexity index is 1370. The number of halogens is 3. The van der Waals surface area contributed by atoms with E-state index >= 15 is 0 Å². The second-order valence-electron chi connectivity index (χ2n) is 11.0. The fraction of sp³-hybridized carbons (Fsp3) is 0.536. The average Bonchev–Trinajstić information content (AvgIpc) is 3.58. The first-order chi connectivity index (χ1) is 19.8. The Labute approximate surface area is 239 Å². The molecule has 4 N–H and O–H groups in total. The van der Waals surface area contributed by atoms with E-state index in [1.54, 1.807) is 32.0 Å². The van der Waals surface area contributed by atoms with Crippen LogP contribution in [0.3, 0.4) is 0 Å². The Morgan fingerprint density at radius 1 is 1.17 bits per heavy atom. The molecule has 228 valence electrons. The number of methoxy groups -OCH3 is 1. The highest BCUT2D eigenvalue weighted by Crippen LogP contribution is 2.38. The number of nitrogens with zero attached hydrogens (tertiary/aromatic N) is 1. The topological polar surface area (TPSA) is 150 Å². The molecule has 4 rings (SSSR count). The van der Waals surface area contributed by atoms with Crippen molar-refractivity contribution in [2.75, 3.05) is 20.2 Å². The lowest BCUT2D eigenvalue weighted by molar-refractivity contribution is -0.170. The van der Waals surface area contributed by atoms with Crippen LogP contribution < -0.4 is 20.7 Å². The number of ether oxygens (including phenoxy) is 1. The van der Waals surface area contributed by atoms with Gasteiger partial charge in [0, 0.05) is 36.0 Å². The molecule has 2 aliphatic heterocycles. The average molecular weight is 594 g/mol. The van der Waals surface area contributed by atoms with E-state index in [-0.39, 0.29) is 18.0 Å². The van der Waals surface area contributed by atoms with Gasteiger partial charge in [-0.2, -0.15) is 13.2 Å². The zero-order chi connectivity index (χ0) is 30.8. The van der Waals surface area contributed by atoms with Crippen LogP contribution in [-0.2, 0) is 19.2 Å². The molecule has 0 bridgehead atoms. The van der Waals surface area contributed by atoms with E-state index in [1.807, 2.05) is 0 Å². The van der Waals surface area contributed by atoms with E-state index < -0.39 is 72.6 Å². The number of benzene rings is 1. The summed E-state index contributed by atoms with van der Waals surface area (Å²) in [6.45, 7) is 2.94. The molecule has 14 heteroatoms. The number of aromatic nitrogens is 1. The van der Waals surface area contributed by atoms with Gasteiger partial charge in [0.1, 0.15) is 17.5 Å². The summed E-state index contributed by atoms with van der Waals surface area (Å²) in [6, 6.07) is 2.98. The van der Waals surface area contributed by atoms with Crippen molar-refractivity contribution >= 4 is 40.3 Å². The van der Waals surface area contributed by atoms with Crippen LogP contribution in [0.15, 0.2) is 24.3 Å². The number of fused-ring (bicyclic) bond motifs is 1. The summed E-state index contributed by atoms with van der Waals surface area (Å²) in [7, 11) is 1.44. The first kappa shape index (κ1) is 30.8. The normalized spacial score (nSPS) is 21.6. The van der Waals surface area contributed by atoms with E-state index in [4.69, 9.17) is 4.74 Å². The fourth-order valence-corrected chi connectivity index (χ4v) is 5.46. The van der Waals surface area contributed by atoms with Crippen molar-refractivity contribution in [2.45, 2.75) is 63.8 Å². The molecule has 42 heavy (non-hydrogen) atoms. The second kappa shape index (κ2) is 12.4. The van der Waals surface area contributed by atoms with Gasteiger partial charge in [-0.15, -0.1) is 0 Å². The number of alkyl halides is 3. The molecule has 4 amide bonds. The molecule has 11 nitrogen and oxygen atoms in total. The highest BCUT2D eigenvalue weighted by molar-refractivity contribution is 6.38. The van der Waals surface area contributed by atoms with Crippen LogP contribution in [0.4, 0.5) is 13.2 Å². The Morgan fingerprint density at radius 3 is 2.55 bits per heavy atom. The summed E-state index contributed by atoms with van der Waals surface area (Å²) < 4.78 is 46.8. The molecule has 1 aromatic carbocycles. The number of amides is 4. The van der Waals surface area contributed by atoms with Crippen molar-refractivity contribution < 1.29 is 41.9 Å². The minimum absolute atomic E-state index is 0.0436. The lowest BCUT2D eigenvalue weighted by atomic mass is 9.89. The number of carbonyl (C=O) groups is 5. The minimum Gasteiger partial charge on any atom is -0.496 e. The zero-order valence-corrected chi connectivity index (χ0v) is 23.5. The molecule has 3 heterocycles. The number of likely N-dealkylation sites (tertiary alicyclic amines) is 1. The molecule has 2 saturated heterocycles. The molecular weight excluding hydrogens is 559 g/mol. The molecule has 0 aliphatic carbocycles.